The molecule has 0 aromatic heterocycles. The Morgan fingerprint density at radius 3 is 2.87 bits per heavy atom. The minimum atomic E-state index is -0.0894. The predicted octanol–water partition coefficient (Wildman–Crippen LogP) is 3.36. The molecule has 5 heteroatoms. The van der Waals surface area contributed by atoms with Crippen LogP contribution in [0.2, 0.25) is 0 Å². The highest BCUT2D eigenvalue weighted by Gasteiger charge is 2.25. The molecule has 0 spiro atoms. The highest BCUT2D eigenvalue weighted by Crippen LogP contribution is 2.28. The molecule has 1 fully saturated rings. The van der Waals surface area contributed by atoms with Gasteiger partial charge in [-0.2, -0.15) is 5.26 Å². The van der Waals surface area contributed by atoms with Gasteiger partial charge in [0.15, 0.2) is 0 Å². The Balaban J connectivity index is 2.01. The Bertz CT molecular complexity index is 550. The van der Waals surface area contributed by atoms with Crippen molar-refractivity contribution in [2.45, 2.75) is 49.5 Å². The molecule has 2 rings (SSSR count). The van der Waals surface area contributed by atoms with Crippen molar-refractivity contribution in [3.05, 3.63) is 29.8 Å². The smallest absolute Gasteiger partial charge is 0.251 e. The van der Waals surface area contributed by atoms with Gasteiger partial charge in [0.05, 0.1) is 11.8 Å². The molecule has 2 N–H and O–H groups in total. The van der Waals surface area contributed by atoms with Gasteiger partial charge in [-0.1, -0.05) is 25.3 Å². The molecular formula is C18H24N2O2S. The van der Waals surface area contributed by atoms with Crippen LogP contribution in [0.3, 0.4) is 0 Å². The van der Waals surface area contributed by atoms with E-state index in [1.54, 1.807) is 6.07 Å². The summed E-state index contributed by atoms with van der Waals surface area (Å²) in [6.45, 7) is 0.0967. The summed E-state index contributed by atoms with van der Waals surface area (Å²) in [5.41, 5.74) is 0.617. The molecule has 0 saturated heterocycles. The molecule has 23 heavy (non-hydrogen) atoms. The lowest BCUT2D eigenvalue weighted by Crippen LogP contribution is -2.41. The maximum absolute atomic E-state index is 12.5. The van der Waals surface area contributed by atoms with Crippen molar-refractivity contribution in [3.63, 3.8) is 0 Å². The average molecular weight is 332 g/mol. The number of benzene rings is 1. The van der Waals surface area contributed by atoms with E-state index in [1.165, 1.54) is 31.0 Å². The van der Waals surface area contributed by atoms with Crippen LogP contribution >= 0.6 is 11.8 Å². The number of aliphatic hydroxyl groups is 1. The van der Waals surface area contributed by atoms with Gasteiger partial charge in [0, 0.05) is 23.1 Å². The van der Waals surface area contributed by atoms with E-state index < -0.39 is 0 Å². The number of rotatable bonds is 7. The molecule has 0 aliphatic heterocycles. The second kappa shape index (κ2) is 9.59. The van der Waals surface area contributed by atoms with E-state index in [0.29, 0.717) is 23.7 Å². The van der Waals surface area contributed by atoms with Crippen LogP contribution < -0.4 is 5.32 Å². The van der Waals surface area contributed by atoms with E-state index in [9.17, 15) is 9.90 Å². The Morgan fingerprint density at radius 1 is 1.39 bits per heavy atom. The lowest BCUT2D eigenvalue weighted by Gasteiger charge is -2.30. The molecule has 1 aromatic carbocycles. The third kappa shape index (κ3) is 5.56. The van der Waals surface area contributed by atoms with Gasteiger partial charge in [-0.25, -0.2) is 0 Å². The number of amides is 1. The summed E-state index contributed by atoms with van der Waals surface area (Å²) >= 11 is 1.43. The van der Waals surface area contributed by atoms with E-state index >= 15 is 0 Å². The van der Waals surface area contributed by atoms with Gasteiger partial charge in [0.2, 0.25) is 0 Å². The van der Waals surface area contributed by atoms with Crippen molar-refractivity contribution in [2.24, 2.45) is 5.92 Å². The Hall–Kier alpha value is -1.51. The van der Waals surface area contributed by atoms with Gasteiger partial charge in [-0.15, -0.1) is 11.8 Å². The first-order chi connectivity index (χ1) is 11.2. The number of carbonyl (C=O) groups is 1. The van der Waals surface area contributed by atoms with Crippen molar-refractivity contribution in [3.8, 4) is 6.07 Å². The van der Waals surface area contributed by atoms with Gasteiger partial charge in [-0.3, -0.25) is 4.79 Å². The summed E-state index contributed by atoms with van der Waals surface area (Å²) in [6.07, 6.45) is 6.56. The SMILES string of the molecule is N#CCSc1cccc(C(=O)NC(CCO)C2CCCCC2)c1. The number of nitrogens with one attached hydrogen (secondary N) is 1. The van der Waals surface area contributed by atoms with E-state index in [4.69, 9.17) is 5.26 Å². The van der Waals surface area contributed by atoms with Crippen molar-refractivity contribution in [1.82, 2.24) is 5.32 Å². The van der Waals surface area contributed by atoms with E-state index in [-0.39, 0.29) is 18.6 Å². The molecule has 1 atom stereocenters. The first kappa shape index (κ1) is 17.8. The Morgan fingerprint density at radius 2 is 2.17 bits per heavy atom. The third-order valence-corrected chi connectivity index (χ3v) is 5.24. The van der Waals surface area contributed by atoms with Gasteiger partial charge < -0.3 is 10.4 Å². The number of thioether (sulfide) groups is 1. The normalized spacial score (nSPS) is 16.5. The molecule has 1 aliphatic carbocycles. The largest absolute Gasteiger partial charge is 0.396 e. The zero-order valence-corrected chi connectivity index (χ0v) is 14.1. The molecule has 1 aliphatic rings. The maximum Gasteiger partial charge on any atom is 0.251 e. The fourth-order valence-electron chi connectivity index (χ4n) is 3.20. The number of nitriles is 1. The fraction of sp³-hybridized carbons (Fsp3) is 0.556. The summed E-state index contributed by atoms with van der Waals surface area (Å²) in [4.78, 5) is 13.5. The van der Waals surface area contributed by atoms with Gasteiger partial charge in [-0.05, 0) is 43.4 Å². The number of hydrogen-bond donors (Lipinski definition) is 2. The van der Waals surface area contributed by atoms with Gasteiger partial charge in [0.25, 0.3) is 5.91 Å². The molecule has 1 amide bonds. The minimum absolute atomic E-state index is 0.0446. The zero-order valence-electron chi connectivity index (χ0n) is 13.3. The van der Waals surface area contributed by atoms with E-state index in [1.807, 2.05) is 18.2 Å². The van der Waals surface area contributed by atoms with Crippen molar-refractivity contribution < 1.29 is 9.90 Å². The lowest BCUT2D eigenvalue weighted by atomic mass is 9.82. The highest BCUT2D eigenvalue weighted by atomic mass is 32.2. The van der Waals surface area contributed by atoms with Crippen molar-refractivity contribution >= 4 is 17.7 Å². The van der Waals surface area contributed by atoms with Gasteiger partial charge in [0.1, 0.15) is 0 Å². The minimum Gasteiger partial charge on any atom is -0.396 e. The molecule has 1 unspecified atom stereocenters. The fourth-order valence-corrected chi connectivity index (χ4v) is 3.81. The molecular weight excluding hydrogens is 308 g/mol. The molecule has 0 heterocycles. The second-order valence-electron chi connectivity index (χ2n) is 5.96. The van der Waals surface area contributed by atoms with Crippen LogP contribution in [0.5, 0.6) is 0 Å². The first-order valence-corrected chi connectivity index (χ1v) is 9.24. The third-order valence-electron chi connectivity index (χ3n) is 4.38. The van der Waals surface area contributed by atoms with Crippen LogP contribution in [-0.2, 0) is 0 Å². The summed E-state index contributed by atoms with van der Waals surface area (Å²) in [5.74, 6) is 0.754. The molecule has 4 nitrogen and oxygen atoms in total. The number of hydrogen-bond acceptors (Lipinski definition) is 4. The maximum atomic E-state index is 12.5. The summed E-state index contributed by atoms with van der Waals surface area (Å²) < 4.78 is 0. The van der Waals surface area contributed by atoms with Crippen LogP contribution in [0, 0.1) is 17.2 Å². The second-order valence-corrected chi connectivity index (χ2v) is 7.01. The Labute approximate surface area is 142 Å². The van der Waals surface area contributed by atoms with Crippen LogP contribution in [0.25, 0.3) is 0 Å². The van der Waals surface area contributed by atoms with Gasteiger partial charge >= 0.3 is 0 Å². The molecule has 0 bridgehead atoms. The van der Waals surface area contributed by atoms with Crippen molar-refractivity contribution in [2.75, 3.05) is 12.4 Å². The number of nitrogens with zero attached hydrogens (tertiary/aromatic N) is 1. The van der Waals surface area contributed by atoms with Crippen LogP contribution in [0.1, 0.15) is 48.9 Å². The Kier molecular flexibility index (Phi) is 7.44. The summed E-state index contributed by atoms with van der Waals surface area (Å²) in [5, 5.41) is 21.1. The predicted molar refractivity (Wildman–Crippen MR) is 92.3 cm³/mol. The van der Waals surface area contributed by atoms with E-state index in [0.717, 1.165) is 17.7 Å². The van der Waals surface area contributed by atoms with E-state index in [2.05, 4.69) is 11.4 Å². The standard InChI is InChI=1S/C18H24N2O2S/c19-10-12-23-16-8-4-7-15(13-16)18(22)20-17(9-11-21)14-5-2-1-3-6-14/h4,7-8,13-14,17,21H,1-3,5-6,9,11-12H2,(H,20,22). The molecule has 1 aromatic rings. The lowest BCUT2D eigenvalue weighted by molar-refractivity contribution is 0.0899. The van der Waals surface area contributed by atoms with Crippen LogP contribution in [0.4, 0.5) is 0 Å². The zero-order chi connectivity index (χ0) is 16.5. The summed E-state index contributed by atoms with van der Waals surface area (Å²) in [7, 11) is 0. The molecule has 0 radical (unpaired) electrons. The number of carbonyl (C=O) groups excluding carboxylic acids is 1. The molecule has 124 valence electrons. The monoisotopic (exact) mass is 332 g/mol. The summed E-state index contributed by atoms with van der Waals surface area (Å²) in [6, 6.07) is 9.51. The highest BCUT2D eigenvalue weighted by molar-refractivity contribution is 7.99. The first-order valence-electron chi connectivity index (χ1n) is 8.26. The topological polar surface area (TPSA) is 73.1 Å². The molecule has 1 saturated carbocycles. The number of aliphatic hydroxyl groups excluding tert-OH is 1. The average Bonchev–Trinajstić information content (AvgIpc) is 2.60. The van der Waals surface area contributed by atoms with Crippen molar-refractivity contribution in [1.29, 1.82) is 5.26 Å². The van der Waals surface area contributed by atoms with Crippen LogP contribution in [-0.4, -0.2) is 29.4 Å². The quantitative estimate of drug-likeness (QED) is 0.751. The van der Waals surface area contributed by atoms with Crippen LogP contribution in [0.15, 0.2) is 29.2 Å².